The molecule has 0 aliphatic heterocycles. The van der Waals surface area contributed by atoms with Gasteiger partial charge in [0, 0.05) is 18.0 Å². The van der Waals surface area contributed by atoms with Crippen molar-refractivity contribution in [3.05, 3.63) is 35.2 Å². The summed E-state index contributed by atoms with van der Waals surface area (Å²) in [5.41, 5.74) is 11.2. The van der Waals surface area contributed by atoms with Crippen LogP contribution in [0.3, 0.4) is 0 Å². The minimum absolute atomic E-state index is 0.628. The molecule has 2 N–H and O–H groups in total. The Morgan fingerprint density at radius 1 is 1.29 bits per heavy atom. The molecule has 1 fully saturated rings. The summed E-state index contributed by atoms with van der Waals surface area (Å²) >= 11 is 0. The molecule has 1 aromatic carbocycles. The minimum atomic E-state index is 0.628. The first-order chi connectivity index (χ1) is 10.1. The summed E-state index contributed by atoms with van der Waals surface area (Å²) in [6.07, 6.45) is 4.86. The standard InChI is InChI=1S/C18H25N3/c1-4-5-11-21-17(19)16(20-18(21)14-9-10-14)15-8-6-7-12(2)13(15)3/h6-8,14H,4-5,9-11,19H2,1-3H3. The van der Waals surface area contributed by atoms with Crippen LogP contribution in [0.15, 0.2) is 18.2 Å². The largest absolute Gasteiger partial charge is 0.383 e. The van der Waals surface area contributed by atoms with E-state index in [-0.39, 0.29) is 0 Å². The number of unbranched alkanes of at least 4 members (excludes halogenated alkanes) is 1. The number of hydrogen-bond donors (Lipinski definition) is 1. The van der Waals surface area contributed by atoms with Crippen LogP contribution < -0.4 is 5.73 Å². The molecule has 0 radical (unpaired) electrons. The molecule has 1 aliphatic rings. The van der Waals surface area contributed by atoms with E-state index in [9.17, 15) is 0 Å². The summed E-state index contributed by atoms with van der Waals surface area (Å²) in [6, 6.07) is 6.38. The van der Waals surface area contributed by atoms with Crippen LogP contribution in [-0.4, -0.2) is 9.55 Å². The Balaban J connectivity index is 2.08. The molecule has 0 bridgehead atoms. The zero-order valence-corrected chi connectivity index (χ0v) is 13.3. The smallest absolute Gasteiger partial charge is 0.131 e. The van der Waals surface area contributed by atoms with Crippen molar-refractivity contribution in [1.82, 2.24) is 9.55 Å². The molecular weight excluding hydrogens is 258 g/mol. The van der Waals surface area contributed by atoms with Crippen LogP contribution >= 0.6 is 0 Å². The Morgan fingerprint density at radius 2 is 2.05 bits per heavy atom. The number of imidazole rings is 1. The molecule has 3 rings (SSSR count). The number of rotatable bonds is 5. The van der Waals surface area contributed by atoms with Gasteiger partial charge in [0.2, 0.25) is 0 Å². The molecule has 1 heterocycles. The third kappa shape index (κ3) is 2.57. The van der Waals surface area contributed by atoms with Crippen molar-refractivity contribution < 1.29 is 0 Å². The lowest BCUT2D eigenvalue weighted by Gasteiger charge is -2.09. The molecule has 2 aromatic rings. The van der Waals surface area contributed by atoms with E-state index >= 15 is 0 Å². The predicted molar refractivity (Wildman–Crippen MR) is 88.4 cm³/mol. The number of anilines is 1. The van der Waals surface area contributed by atoms with Gasteiger partial charge in [0.15, 0.2) is 0 Å². The van der Waals surface area contributed by atoms with Crippen molar-refractivity contribution in [2.24, 2.45) is 0 Å². The predicted octanol–water partition coefficient (Wildman–Crippen LogP) is 4.43. The maximum Gasteiger partial charge on any atom is 0.131 e. The van der Waals surface area contributed by atoms with E-state index in [2.05, 4.69) is 43.5 Å². The van der Waals surface area contributed by atoms with Crippen LogP contribution in [0.1, 0.15) is 55.5 Å². The average Bonchev–Trinajstić information content (AvgIpc) is 3.26. The molecule has 1 saturated carbocycles. The molecule has 3 heteroatoms. The third-order valence-corrected chi connectivity index (χ3v) is 4.57. The van der Waals surface area contributed by atoms with Gasteiger partial charge in [-0.1, -0.05) is 31.5 Å². The highest BCUT2D eigenvalue weighted by Gasteiger charge is 2.31. The fourth-order valence-corrected chi connectivity index (χ4v) is 2.89. The van der Waals surface area contributed by atoms with E-state index in [1.807, 2.05) is 0 Å². The summed E-state index contributed by atoms with van der Waals surface area (Å²) < 4.78 is 2.26. The zero-order valence-electron chi connectivity index (χ0n) is 13.3. The Morgan fingerprint density at radius 3 is 2.71 bits per heavy atom. The van der Waals surface area contributed by atoms with Gasteiger partial charge in [0.1, 0.15) is 17.3 Å². The van der Waals surface area contributed by atoms with Crippen LogP contribution in [-0.2, 0) is 6.54 Å². The van der Waals surface area contributed by atoms with E-state index < -0.39 is 0 Å². The van der Waals surface area contributed by atoms with Gasteiger partial charge in [0.05, 0.1) is 0 Å². The SMILES string of the molecule is CCCCn1c(C2CC2)nc(-c2cccc(C)c2C)c1N. The van der Waals surface area contributed by atoms with Crippen LogP contribution in [0.2, 0.25) is 0 Å². The summed E-state index contributed by atoms with van der Waals surface area (Å²) in [5.74, 6) is 2.68. The summed E-state index contributed by atoms with van der Waals surface area (Å²) in [7, 11) is 0. The van der Waals surface area contributed by atoms with Gasteiger partial charge in [-0.3, -0.25) is 0 Å². The van der Waals surface area contributed by atoms with Gasteiger partial charge >= 0.3 is 0 Å². The van der Waals surface area contributed by atoms with Gasteiger partial charge < -0.3 is 10.3 Å². The minimum Gasteiger partial charge on any atom is -0.383 e. The molecule has 0 saturated heterocycles. The van der Waals surface area contributed by atoms with Crippen LogP contribution in [0.5, 0.6) is 0 Å². The van der Waals surface area contributed by atoms with Crippen molar-refractivity contribution in [1.29, 1.82) is 0 Å². The van der Waals surface area contributed by atoms with Crippen molar-refractivity contribution in [3.63, 3.8) is 0 Å². The number of benzene rings is 1. The molecule has 1 aliphatic carbocycles. The normalized spacial score (nSPS) is 14.6. The summed E-state index contributed by atoms with van der Waals surface area (Å²) in [5, 5.41) is 0. The highest BCUT2D eigenvalue weighted by Crippen LogP contribution is 2.42. The fraction of sp³-hybridized carbons (Fsp3) is 0.500. The second-order valence-corrected chi connectivity index (χ2v) is 6.23. The van der Waals surface area contributed by atoms with Crippen molar-refractivity contribution in [2.45, 2.75) is 58.9 Å². The molecule has 3 nitrogen and oxygen atoms in total. The molecule has 0 unspecified atom stereocenters. The molecule has 0 atom stereocenters. The van der Waals surface area contributed by atoms with E-state index in [0.29, 0.717) is 5.92 Å². The number of hydrogen-bond acceptors (Lipinski definition) is 2. The van der Waals surface area contributed by atoms with E-state index in [0.717, 1.165) is 24.5 Å². The van der Waals surface area contributed by atoms with Gasteiger partial charge in [-0.25, -0.2) is 4.98 Å². The van der Waals surface area contributed by atoms with Gasteiger partial charge in [0.25, 0.3) is 0 Å². The molecule has 0 amide bonds. The Hall–Kier alpha value is -1.77. The topological polar surface area (TPSA) is 43.8 Å². The lowest BCUT2D eigenvalue weighted by molar-refractivity contribution is 0.609. The molecule has 21 heavy (non-hydrogen) atoms. The lowest BCUT2D eigenvalue weighted by Crippen LogP contribution is -2.06. The second-order valence-electron chi connectivity index (χ2n) is 6.23. The lowest BCUT2D eigenvalue weighted by atomic mass is 10.0. The van der Waals surface area contributed by atoms with Crippen LogP contribution in [0.4, 0.5) is 5.82 Å². The number of nitrogens with two attached hydrogens (primary N) is 1. The average molecular weight is 283 g/mol. The Labute approximate surface area is 127 Å². The molecule has 1 aromatic heterocycles. The van der Waals surface area contributed by atoms with E-state index in [4.69, 9.17) is 10.7 Å². The number of aryl methyl sites for hydroxylation is 1. The third-order valence-electron chi connectivity index (χ3n) is 4.57. The highest BCUT2D eigenvalue weighted by molar-refractivity contribution is 5.74. The van der Waals surface area contributed by atoms with Gasteiger partial charge in [-0.05, 0) is 44.2 Å². The maximum absolute atomic E-state index is 6.46. The first kappa shape index (κ1) is 14.2. The number of nitrogens with zero attached hydrogens (tertiary/aromatic N) is 2. The Bertz CT molecular complexity index is 651. The first-order valence-electron chi connectivity index (χ1n) is 8.06. The maximum atomic E-state index is 6.46. The van der Waals surface area contributed by atoms with Crippen molar-refractivity contribution in [2.75, 3.05) is 5.73 Å². The van der Waals surface area contributed by atoms with Gasteiger partial charge in [-0.2, -0.15) is 0 Å². The summed E-state index contributed by atoms with van der Waals surface area (Å²) in [6.45, 7) is 7.51. The van der Waals surface area contributed by atoms with Crippen LogP contribution in [0.25, 0.3) is 11.3 Å². The quantitative estimate of drug-likeness (QED) is 0.882. The van der Waals surface area contributed by atoms with Crippen molar-refractivity contribution in [3.8, 4) is 11.3 Å². The highest BCUT2D eigenvalue weighted by atomic mass is 15.1. The zero-order chi connectivity index (χ0) is 15.0. The number of nitrogen functional groups attached to an aromatic ring is 1. The van der Waals surface area contributed by atoms with Gasteiger partial charge in [-0.15, -0.1) is 0 Å². The molecular formula is C18H25N3. The van der Waals surface area contributed by atoms with E-state index in [1.165, 1.54) is 41.8 Å². The monoisotopic (exact) mass is 283 g/mol. The molecule has 0 spiro atoms. The fourth-order valence-electron chi connectivity index (χ4n) is 2.89. The number of aromatic nitrogens is 2. The first-order valence-corrected chi connectivity index (χ1v) is 8.06. The molecule has 112 valence electrons. The van der Waals surface area contributed by atoms with E-state index in [1.54, 1.807) is 0 Å². The van der Waals surface area contributed by atoms with Crippen molar-refractivity contribution >= 4 is 5.82 Å². The Kier molecular flexibility index (Phi) is 3.75. The second kappa shape index (κ2) is 5.55. The van der Waals surface area contributed by atoms with Crippen LogP contribution in [0, 0.1) is 13.8 Å². The summed E-state index contributed by atoms with van der Waals surface area (Å²) in [4.78, 5) is 4.93.